The number of hydrogen-bond donors (Lipinski definition) is 1. The second-order valence-corrected chi connectivity index (χ2v) is 4.30. The zero-order valence-electron chi connectivity index (χ0n) is 11.1. The summed E-state index contributed by atoms with van der Waals surface area (Å²) in [6.07, 6.45) is -4.36. The normalized spacial score (nSPS) is 11.2. The maximum absolute atomic E-state index is 12.5. The molecule has 0 radical (unpaired) electrons. The summed E-state index contributed by atoms with van der Waals surface area (Å²) < 4.78 is 37.4. The molecule has 0 fully saturated rings. The lowest BCUT2D eigenvalue weighted by Crippen LogP contribution is -2.39. The van der Waals surface area contributed by atoms with Crippen LogP contribution in [0.4, 0.5) is 18.9 Å². The van der Waals surface area contributed by atoms with Crippen LogP contribution >= 0.6 is 0 Å². The molecule has 0 saturated heterocycles. The average molecular weight is 306 g/mol. The van der Waals surface area contributed by atoms with Gasteiger partial charge in [0, 0.05) is 12.6 Å². The van der Waals surface area contributed by atoms with E-state index in [1.807, 2.05) is 0 Å². The molecule has 0 aromatic heterocycles. The highest BCUT2D eigenvalue weighted by Crippen LogP contribution is 2.26. The minimum atomic E-state index is -4.61. The second kappa shape index (κ2) is 6.42. The van der Waals surface area contributed by atoms with Gasteiger partial charge in [-0.25, -0.2) is 0 Å². The minimum Gasteiger partial charge on any atom is -0.508 e. The van der Waals surface area contributed by atoms with Crippen LogP contribution in [0.5, 0.6) is 5.75 Å². The number of amides is 1. The Bertz CT molecular complexity index is 546. The number of hydrogen-bond acceptors (Lipinski definition) is 4. The van der Waals surface area contributed by atoms with E-state index in [0.717, 1.165) is 18.2 Å². The second-order valence-electron chi connectivity index (χ2n) is 4.30. The molecule has 0 aliphatic rings. The largest absolute Gasteiger partial charge is 0.508 e. The van der Waals surface area contributed by atoms with Crippen molar-refractivity contribution >= 4 is 11.6 Å². The Morgan fingerprint density at radius 3 is 2.52 bits per heavy atom. The molecule has 1 amide bonds. The smallest absolute Gasteiger partial charge is 0.406 e. The van der Waals surface area contributed by atoms with Crippen molar-refractivity contribution in [2.75, 3.05) is 13.1 Å². The number of nitrogens with zero attached hydrogens (tertiary/aromatic N) is 2. The molecule has 0 aliphatic heterocycles. The van der Waals surface area contributed by atoms with E-state index in [1.54, 1.807) is 6.92 Å². The number of carbonyl (C=O) groups is 1. The van der Waals surface area contributed by atoms with E-state index in [0.29, 0.717) is 4.90 Å². The fourth-order valence-electron chi connectivity index (χ4n) is 1.76. The molecule has 1 aromatic carbocycles. The number of benzene rings is 1. The van der Waals surface area contributed by atoms with Gasteiger partial charge in [-0.3, -0.25) is 14.9 Å². The van der Waals surface area contributed by atoms with Crippen LogP contribution in [-0.4, -0.2) is 40.1 Å². The number of aromatic hydroxyl groups is 1. The molecule has 0 spiro atoms. The first-order valence-electron chi connectivity index (χ1n) is 5.99. The number of alkyl halides is 3. The standard InChI is InChI=1S/C12H13F3N2O4/c1-2-5-16(7-12(13,14)15)11(19)9-6-8(18)3-4-10(9)17(20)21/h3-4,6,18H,2,5,7H2,1H3. The number of phenolic OH excluding ortho intramolecular Hbond substituents is 1. The molecule has 0 unspecified atom stereocenters. The van der Waals surface area contributed by atoms with E-state index < -0.39 is 40.6 Å². The summed E-state index contributed by atoms with van der Waals surface area (Å²) in [7, 11) is 0. The van der Waals surface area contributed by atoms with Gasteiger partial charge in [0.05, 0.1) is 4.92 Å². The maximum Gasteiger partial charge on any atom is 0.406 e. The van der Waals surface area contributed by atoms with E-state index in [-0.39, 0.29) is 13.0 Å². The molecule has 1 N–H and O–H groups in total. The Morgan fingerprint density at radius 2 is 2.05 bits per heavy atom. The van der Waals surface area contributed by atoms with Gasteiger partial charge < -0.3 is 10.0 Å². The fraction of sp³-hybridized carbons (Fsp3) is 0.417. The van der Waals surface area contributed by atoms with Crippen LogP contribution in [0.15, 0.2) is 18.2 Å². The Kier molecular flexibility index (Phi) is 5.12. The summed E-state index contributed by atoms with van der Waals surface area (Å²) in [6, 6.07) is 2.66. The van der Waals surface area contributed by atoms with Crippen molar-refractivity contribution in [3.8, 4) is 5.75 Å². The van der Waals surface area contributed by atoms with Gasteiger partial charge in [0.1, 0.15) is 17.9 Å². The van der Waals surface area contributed by atoms with Gasteiger partial charge in [0.2, 0.25) is 0 Å². The number of nitro groups is 1. The van der Waals surface area contributed by atoms with Crippen molar-refractivity contribution in [3.63, 3.8) is 0 Å². The quantitative estimate of drug-likeness (QED) is 0.669. The lowest BCUT2D eigenvalue weighted by molar-refractivity contribution is -0.385. The first-order chi connectivity index (χ1) is 9.65. The van der Waals surface area contributed by atoms with Crippen LogP contribution in [0.3, 0.4) is 0 Å². The zero-order chi connectivity index (χ0) is 16.2. The van der Waals surface area contributed by atoms with Gasteiger partial charge in [-0.15, -0.1) is 0 Å². The third-order valence-corrected chi connectivity index (χ3v) is 2.56. The molecule has 6 nitrogen and oxygen atoms in total. The van der Waals surface area contributed by atoms with E-state index in [4.69, 9.17) is 0 Å². The Hall–Kier alpha value is -2.32. The van der Waals surface area contributed by atoms with Crippen molar-refractivity contribution in [2.45, 2.75) is 19.5 Å². The lowest BCUT2D eigenvalue weighted by Gasteiger charge is -2.23. The van der Waals surface area contributed by atoms with Crippen molar-refractivity contribution < 1.29 is 28.0 Å². The molecule has 21 heavy (non-hydrogen) atoms. The monoisotopic (exact) mass is 306 g/mol. The third-order valence-electron chi connectivity index (χ3n) is 2.56. The SMILES string of the molecule is CCCN(CC(F)(F)F)C(=O)c1cc(O)ccc1[N+](=O)[O-]. The fourth-order valence-corrected chi connectivity index (χ4v) is 1.76. The van der Waals surface area contributed by atoms with Gasteiger partial charge in [0.25, 0.3) is 11.6 Å². The Labute approximate surface area is 117 Å². The van der Waals surface area contributed by atoms with Crippen LogP contribution in [0.1, 0.15) is 23.7 Å². The Morgan fingerprint density at radius 1 is 1.43 bits per heavy atom. The van der Waals surface area contributed by atoms with Crippen molar-refractivity contribution in [1.29, 1.82) is 0 Å². The van der Waals surface area contributed by atoms with Gasteiger partial charge in [-0.05, 0) is 18.6 Å². The van der Waals surface area contributed by atoms with Crippen LogP contribution < -0.4 is 0 Å². The van der Waals surface area contributed by atoms with Gasteiger partial charge >= 0.3 is 6.18 Å². The van der Waals surface area contributed by atoms with Gasteiger partial charge in [0.15, 0.2) is 0 Å². The number of carbonyl (C=O) groups excluding carboxylic acids is 1. The summed E-state index contributed by atoms with van der Waals surface area (Å²) in [4.78, 5) is 22.5. The Balaban J connectivity index is 3.19. The van der Waals surface area contributed by atoms with Crippen molar-refractivity contribution in [1.82, 2.24) is 4.90 Å². The summed E-state index contributed by atoms with van der Waals surface area (Å²) in [5.74, 6) is -1.58. The minimum absolute atomic E-state index is 0.203. The van der Waals surface area contributed by atoms with Crippen LogP contribution in [0.25, 0.3) is 0 Å². The molecule has 1 aromatic rings. The summed E-state index contributed by atoms with van der Waals surface area (Å²) in [5, 5.41) is 20.1. The topological polar surface area (TPSA) is 83.7 Å². The number of nitro benzene ring substituents is 1. The zero-order valence-corrected chi connectivity index (χ0v) is 11.1. The summed E-state index contributed by atoms with van der Waals surface area (Å²) in [5.41, 5.74) is -1.22. The molecule has 0 bridgehead atoms. The van der Waals surface area contributed by atoms with E-state index in [2.05, 4.69) is 0 Å². The molecule has 0 atom stereocenters. The maximum atomic E-state index is 12.5. The number of phenols is 1. The van der Waals surface area contributed by atoms with Crippen molar-refractivity contribution in [2.24, 2.45) is 0 Å². The molecule has 0 saturated carbocycles. The van der Waals surface area contributed by atoms with Crippen molar-refractivity contribution in [3.05, 3.63) is 33.9 Å². The highest BCUT2D eigenvalue weighted by atomic mass is 19.4. The molecular weight excluding hydrogens is 293 g/mol. The molecule has 116 valence electrons. The van der Waals surface area contributed by atoms with E-state index >= 15 is 0 Å². The molecule has 0 aliphatic carbocycles. The van der Waals surface area contributed by atoms with Crippen LogP contribution in [0, 0.1) is 10.1 Å². The number of rotatable bonds is 5. The molecule has 0 heterocycles. The van der Waals surface area contributed by atoms with Crippen LogP contribution in [-0.2, 0) is 0 Å². The highest BCUT2D eigenvalue weighted by molar-refractivity contribution is 5.98. The van der Waals surface area contributed by atoms with E-state index in [9.17, 15) is 33.2 Å². The van der Waals surface area contributed by atoms with Gasteiger partial charge in [-0.2, -0.15) is 13.2 Å². The third kappa shape index (κ3) is 4.62. The molecular formula is C12H13F3N2O4. The first-order valence-corrected chi connectivity index (χ1v) is 5.99. The average Bonchev–Trinajstić information content (AvgIpc) is 2.35. The first kappa shape index (κ1) is 16.7. The highest BCUT2D eigenvalue weighted by Gasteiger charge is 2.35. The predicted octanol–water partition coefficient (Wildman–Crippen LogP) is 2.71. The van der Waals surface area contributed by atoms with Crippen LogP contribution in [0.2, 0.25) is 0 Å². The lowest BCUT2D eigenvalue weighted by atomic mass is 10.1. The predicted molar refractivity (Wildman–Crippen MR) is 67.0 cm³/mol. The summed E-state index contributed by atoms with van der Waals surface area (Å²) in [6.45, 7) is -0.134. The van der Waals surface area contributed by atoms with E-state index in [1.165, 1.54) is 0 Å². The summed E-state index contributed by atoms with van der Waals surface area (Å²) >= 11 is 0. The molecule has 1 rings (SSSR count). The molecule has 9 heteroatoms. The number of halogens is 3. The van der Waals surface area contributed by atoms with Gasteiger partial charge in [-0.1, -0.05) is 6.92 Å².